The van der Waals surface area contributed by atoms with Crippen LogP contribution < -0.4 is 0 Å². The second-order valence-electron chi connectivity index (χ2n) is 4.15. The molecular formula is C15H12AcO5. The van der Waals surface area contributed by atoms with Gasteiger partial charge in [-0.1, -0.05) is 12.1 Å². The Kier molecular flexibility index (Phi) is 6.25. The van der Waals surface area contributed by atoms with E-state index in [4.69, 9.17) is 10.2 Å². The van der Waals surface area contributed by atoms with Crippen LogP contribution in [0.1, 0.15) is 15.9 Å². The molecule has 0 spiro atoms. The summed E-state index contributed by atoms with van der Waals surface area (Å²) in [6, 6.07) is 7.81. The molecule has 2 aromatic rings. The van der Waals surface area contributed by atoms with E-state index in [1.54, 1.807) is 0 Å². The number of benzene rings is 2. The zero-order valence-electron chi connectivity index (χ0n) is 10.9. The van der Waals surface area contributed by atoms with E-state index in [-0.39, 0.29) is 72.6 Å². The molecule has 0 heterocycles. The molecule has 0 aliphatic rings. The van der Waals surface area contributed by atoms with Crippen LogP contribution in [0.15, 0.2) is 42.5 Å². The molecule has 0 saturated heterocycles. The third-order valence-electron chi connectivity index (χ3n) is 2.67. The number of phenols is 4. The predicted molar refractivity (Wildman–Crippen MR) is 72.9 cm³/mol. The van der Waals surface area contributed by atoms with Gasteiger partial charge in [0.15, 0.2) is 17.3 Å². The van der Waals surface area contributed by atoms with Crippen LogP contribution in [0.2, 0.25) is 0 Å². The van der Waals surface area contributed by atoms with E-state index in [1.165, 1.54) is 42.5 Å². The van der Waals surface area contributed by atoms with Crippen molar-refractivity contribution in [1.82, 2.24) is 0 Å². The molecule has 0 aliphatic heterocycles. The van der Waals surface area contributed by atoms with Gasteiger partial charge in [-0.25, -0.2) is 0 Å². The number of carbonyl (C=O) groups is 1. The average molecular weight is 499 g/mol. The van der Waals surface area contributed by atoms with Crippen LogP contribution in [0.25, 0.3) is 6.08 Å². The van der Waals surface area contributed by atoms with Crippen molar-refractivity contribution in [3.05, 3.63) is 53.6 Å². The zero-order valence-corrected chi connectivity index (χ0v) is 15.6. The van der Waals surface area contributed by atoms with E-state index in [2.05, 4.69) is 0 Å². The maximum Gasteiger partial charge on any atom is 0.189 e. The second kappa shape index (κ2) is 7.49. The van der Waals surface area contributed by atoms with E-state index in [9.17, 15) is 15.0 Å². The average Bonchev–Trinajstić information content (AvgIpc) is 2.40. The number of rotatable bonds is 3. The van der Waals surface area contributed by atoms with Gasteiger partial charge in [0.1, 0.15) is 11.5 Å². The first kappa shape index (κ1) is 17.5. The monoisotopic (exact) mass is 499 g/mol. The van der Waals surface area contributed by atoms with Crippen LogP contribution >= 0.6 is 0 Å². The molecule has 0 aromatic heterocycles. The van der Waals surface area contributed by atoms with Crippen molar-refractivity contribution in [1.29, 1.82) is 0 Å². The molecule has 6 heteroatoms. The molecule has 0 amide bonds. The van der Waals surface area contributed by atoms with Gasteiger partial charge in [-0.3, -0.25) is 4.79 Å². The number of hydrogen-bond donors (Lipinski definition) is 4. The van der Waals surface area contributed by atoms with Crippen LogP contribution in [-0.2, 0) is 0 Å². The topological polar surface area (TPSA) is 98.0 Å². The fraction of sp³-hybridized carbons (Fsp3) is 0. The molecule has 0 aliphatic carbocycles. The van der Waals surface area contributed by atoms with Crippen molar-refractivity contribution in [2.75, 3.05) is 0 Å². The Bertz CT molecular complexity index is 694. The Morgan fingerprint density at radius 3 is 2.19 bits per heavy atom. The van der Waals surface area contributed by atoms with Gasteiger partial charge in [0.05, 0.1) is 5.56 Å². The molecule has 0 fully saturated rings. The van der Waals surface area contributed by atoms with Crippen molar-refractivity contribution < 1.29 is 69.3 Å². The van der Waals surface area contributed by atoms with Gasteiger partial charge in [-0.15, -0.1) is 0 Å². The Hall–Kier alpha value is -1.51. The minimum atomic E-state index is -0.449. The third-order valence-corrected chi connectivity index (χ3v) is 2.67. The van der Waals surface area contributed by atoms with Crippen LogP contribution in [0, 0.1) is 44.1 Å². The summed E-state index contributed by atoms with van der Waals surface area (Å²) in [5.41, 5.74) is 0.578. The van der Waals surface area contributed by atoms with Crippen LogP contribution in [0.5, 0.6) is 23.0 Å². The minimum Gasteiger partial charge on any atom is -0.508 e. The predicted octanol–water partition coefficient (Wildman–Crippen LogP) is 2.41. The Morgan fingerprint density at radius 1 is 0.857 bits per heavy atom. The van der Waals surface area contributed by atoms with E-state index >= 15 is 0 Å². The molecule has 0 atom stereocenters. The number of ketones is 1. The summed E-state index contributed by atoms with van der Waals surface area (Å²) in [6.07, 6.45) is 2.66. The van der Waals surface area contributed by atoms with Gasteiger partial charge in [0, 0.05) is 50.1 Å². The molecule has 4 N–H and O–H groups in total. The molecule has 1 radical (unpaired) electrons. The molecule has 5 nitrogen and oxygen atoms in total. The first-order valence-electron chi connectivity index (χ1n) is 5.74. The second-order valence-corrected chi connectivity index (χ2v) is 4.15. The zero-order chi connectivity index (χ0) is 14.7. The summed E-state index contributed by atoms with van der Waals surface area (Å²) in [5.74, 6) is -1.42. The minimum absolute atomic E-state index is 0. The number of allylic oxidation sites excluding steroid dienone is 1. The molecule has 0 saturated carbocycles. The van der Waals surface area contributed by atoms with Crippen molar-refractivity contribution >= 4 is 11.9 Å². The van der Waals surface area contributed by atoms with Crippen molar-refractivity contribution in [2.45, 2.75) is 0 Å². The summed E-state index contributed by atoms with van der Waals surface area (Å²) in [7, 11) is 0. The molecule has 0 bridgehead atoms. The van der Waals surface area contributed by atoms with Gasteiger partial charge in [-0.2, -0.15) is 0 Å². The maximum atomic E-state index is 11.9. The number of hydrogen-bond acceptors (Lipinski definition) is 5. The number of aromatic hydroxyl groups is 4. The summed E-state index contributed by atoms with van der Waals surface area (Å²) in [4.78, 5) is 11.9. The fourth-order valence-electron chi connectivity index (χ4n) is 1.63. The van der Waals surface area contributed by atoms with Gasteiger partial charge >= 0.3 is 0 Å². The van der Waals surface area contributed by atoms with Crippen molar-refractivity contribution in [3.63, 3.8) is 0 Å². The Balaban J connectivity index is 0.00000220. The van der Waals surface area contributed by atoms with Crippen molar-refractivity contribution in [3.8, 4) is 23.0 Å². The SMILES string of the molecule is O=C(/C=C/c1ccc(O)c(O)c1)c1ccc(O)cc1O.[Ac]. The summed E-state index contributed by atoms with van der Waals surface area (Å²) in [5, 5.41) is 37.2. The molecule has 0 unspecified atom stereocenters. The quantitative estimate of drug-likeness (QED) is 0.296. The van der Waals surface area contributed by atoms with Crippen LogP contribution in [-0.4, -0.2) is 26.2 Å². The van der Waals surface area contributed by atoms with Crippen LogP contribution in [0.3, 0.4) is 0 Å². The number of carbonyl (C=O) groups excluding carboxylic acids is 1. The van der Waals surface area contributed by atoms with Crippen LogP contribution in [0.4, 0.5) is 0 Å². The standard InChI is InChI=1S/C15H12O5.Ac/c16-10-3-4-11(14(19)8-10)12(17)5-1-9-2-6-13(18)15(20)7-9;/h1-8,16,18-20H;/b5-1+;. The fourth-order valence-corrected chi connectivity index (χ4v) is 1.63. The molecule has 2 rings (SSSR count). The molecule has 2 aromatic carbocycles. The molecule has 105 valence electrons. The summed E-state index contributed by atoms with van der Waals surface area (Å²) >= 11 is 0. The first-order chi connectivity index (χ1) is 9.47. The van der Waals surface area contributed by atoms with E-state index in [1.807, 2.05) is 0 Å². The van der Waals surface area contributed by atoms with E-state index in [0.717, 1.165) is 6.07 Å². The number of phenolic OH excluding ortho intramolecular Hbond substituents is 4. The van der Waals surface area contributed by atoms with Gasteiger partial charge in [0.25, 0.3) is 0 Å². The van der Waals surface area contributed by atoms with E-state index < -0.39 is 5.78 Å². The Morgan fingerprint density at radius 2 is 1.57 bits per heavy atom. The molecular weight excluding hydrogens is 487 g/mol. The normalized spacial score (nSPS) is 10.3. The van der Waals surface area contributed by atoms with E-state index in [0.29, 0.717) is 5.56 Å². The first-order valence-corrected chi connectivity index (χ1v) is 5.74. The summed E-state index contributed by atoms with van der Waals surface area (Å²) in [6.45, 7) is 0. The molecule has 21 heavy (non-hydrogen) atoms. The van der Waals surface area contributed by atoms with Gasteiger partial charge < -0.3 is 20.4 Å². The smallest absolute Gasteiger partial charge is 0.189 e. The largest absolute Gasteiger partial charge is 0.508 e. The maximum absolute atomic E-state index is 11.9. The summed E-state index contributed by atoms with van der Waals surface area (Å²) < 4.78 is 0. The van der Waals surface area contributed by atoms with Gasteiger partial charge in [0.2, 0.25) is 0 Å². The third kappa shape index (κ3) is 4.48. The van der Waals surface area contributed by atoms with Crippen molar-refractivity contribution in [2.24, 2.45) is 0 Å². The van der Waals surface area contributed by atoms with Gasteiger partial charge in [-0.05, 0) is 35.9 Å². The Labute approximate surface area is 156 Å².